The van der Waals surface area contributed by atoms with Crippen LogP contribution < -0.4 is 27.1 Å². The van der Waals surface area contributed by atoms with Crippen LogP contribution >= 0.6 is 0 Å². The molecule has 0 aliphatic rings. The number of aryl methyl sites for hydroxylation is 2. The van der Waals surface area contributed by atoms with E-state index in [9.17, 15) is 19.7 Å². The van der Waals surface area contributed by atoms with Crippen LogP contribution in [-0.2, 0) is 21.1 Å². The summed E-state index contributed by atoms with van der Waals surface area (Å²) in [7, 11) is 4.50. The lowest BCUT2D eigenvalue weighted by Gasteiger charge is -2.05. The molecule has 14 nitrogen and oxygen atoms in total. The summed E-state index contributed by atoms with van der Waals surface area (Å²) < 4.78 is 9.47. The Morgan fingerprint density at radius 1 is 1.27 bits per heavy atom. The molecule has 0 spiro atoms. The van der Waals surface area contributed by atoms with Gasteiger partial charge in [-0.2, -0.15) is 10.1 Å². The van der Waals surface area contributed by atoms with Gasteiger partial charge in [-0.05, 0) is 17.7 Å². The first-order valence-electron chi connectivity index (χ1n) is 8.37. The molecule has 3 N–H and O–H groups in total. The normalized spacial score (nSPS) is 11.9. The number of ether oxygens (including phenoxy) is 1. The first-order valence-corrected chi connectivity index (χ1v) is 8.37. The number of nitrogens with one attached hydrogen (secondary N) is 1. The highest BCUT2D eigenvalue weighted by molar-refractivity contribution is 5.82. The van der Waals surface area contributed by atoms with Crippen molar-refractivity contribution >= 4 is 23.3 Å². The smallest absolute Gasteiger partial charge is 0.332 e. The zero-order valence-corrected chi connectivity index (χ0v) is 16.1. The van der Waals surface area contributed by atoms with Crippen LogP contribution in [0.3, 0.4) is 0 Å². The molecule has 0 amide bonds. The van der Waals surface area contributed by atoms with E-state index in [1.165, 1.54) is 29.4 Å². The van der Waals surface area contributed by atoms with Gasteiger partial charge in [-0.25, -0.2) is 14.9 Å². The summed E-state index contributed by atoms with van der Waals surface area (Å²) in [6.45, 7) is 0. The Balaban J connectivity index is 1.91. The van der Waals surface area contributed by atoms with Gasteiger partial charge in [0, 0.05) is 21.1 Å². The van der Waals surface area contributed by atoms with Crippen LogP contribution in [0.15, 0.2) is 44.1 Å². The van der Waals surface area contributed by atoms with E-state index in [2.05, 4.69) is 15.2 Å². The number of rotatable bonds is 5. The lowest BCUT2D eigenvalue weighted by molar-refractivity contribution is -0.525. The van der Waals surface area contributed by atoms with Crippen molar-refractivity contribution in [1.82, 2.24) is 24.1 Å². The Labute approximate surface area is 167 Å². The van der Waals surface area contributed by atoms with Gasteiger partial charge in [0.15, 0.2) is 16.2 Å². The van der Waals surface area contributed by atoms with Crippen molar-refractivity contribution in [2.75, 3.05) is 0 Å². The van der Waals surface area contributed by atoms with Crippen LogP contribution in [0.25, 0.3) is 11.2 Å². The van der Waals surface area contributed by atoms with Crippen molar-refractivity contribution in [2.24, 2.45) is 37.1 Å². The monoisotopic (exact) mass is 415 g/mol. The molecule has 0 bridgehead atoms. The lowest BCUT2D eigenvalue weighted by atomic mass is 10.2. The number of hydrazine groups is 1. The molecule has 3 aromatic rings. The maximum Gasteiger partial charge on any atom is 0.332 e. The highest BCUT2D eigenvalue weighted by atomic mass is 16.7. The minimum absolute atomic E-state index is 0.106. The number of nitro groups is 1. The summed E-state index contributed by atoms with van der Waals surface area (Å²) >= 11 is 0. The summed E-state index contributed by atoms with van der Waals surface area (Å²) in [6.07, 6.45) is 1.32. The zero-order valence-electron chi connectivity index (χ0n) is 16.1. The molecule has 0 aliphatic heterocycles. The first kappa shape index (κ1) is 20.2. The summed E-state index contributed by atoms with van der Waals surface area (Å²) in [6, 6.07) is 6.73. The van der Waals surface area contributed by atoms with E-state index in [-0.39, 0.29) is 17.2 Å². The van der Waals surface area contributed by atoms with Crippen LogP contribution in [0.5, 0.6) is 11.8 Å². The topological polar surface area (TPSA) is 177 Å². The molecular formula is C16H17N9O5. The number of hydrogen-bond donors (Lipinski definition) is 2. The van der Waals surface area contributed by atoms with Gasteiger partial charge in [0.1, 0.15) is 5.75 Å². The number of nitrogens with zero attached hydrogens (tertiary/aromatic N) is 7. The van der Waals surface area contributed by atoms with E-state index >= 15 is 0 Å². The molecule has 0 radical (unpaired) electrons. The fourth-order valence-corrected chi connectivity index (χ4v) is 2.63. The third kappa shape index (κ3) is 3.87. The summed E-state index contributed by atoms with van der Waals surface area (Å²) in [5, 5.41) is 16.5. The van der Waals surface area contributed by atoms with Gasteiger partial charge in [-0.1, -0.05) is 17.6 Å². The highest BCUT2D eigenvalue weighted by Gasteiger charge is 2.18. The average Bonchev–Trinajstić information content (AvgIpc) is 3.01. The van der Waals surface area contributed by atoms with Gasteiger partial charge in [0.25, 0.3) is 11.5 Å². The molecule has 3 rings (SSSR count). The second-order valence-corrected chi connectivity index (χ2v) is 6.10. The number of benzene rings is 1. The van der Waals surface area contributed by atoms with Crippen molar-refractivity contribution in [3.05, 3.63) is 60.8 Å². The average molecular weight is 415 g/mol. The molecule has 0 fully saturated rings. The Kier molecular flexibility index (Phi) is 5.31. The van der Waals surface area contributed by atoms with E-state index in [0.29, 0.717) is 11.3 Å². The van der Waals surface area contributed by atoms with Gasteiger partial charge in [-0.15, -0.1) is 5.10 Å². The molecule has 0 saturated carbocycles. The summed E-state index contributed by atoms with van der Waals surface area (Å²) in [5.74, 6) is -0.102. The van der Waals surface area contributed by atoms with Crippen molar-refractivity contribution in [1.29, 1.82) is 0 Å². The molecule has 2 aromatic heterocycles. The number of imidazole rings is 1. The second kappa shape index (κ2) is 7.86. The molecule has 156 valence electrons. The number of nitrogens with two attached hydrogens (primary N) is 1. The molecule has 2 heterocycles. The number of hydrogen-bond acceptors (Lipinski definition) is 8. The van der Waals surface area contributed by atoms with E-state index in [1.54, 1.807) is 36.7 Å². The Morgan fingerprint density at radius 2 is 2.00 bits per heavy atom. The summed E-state index contributed by atoms with van der Waals surface area (Å²) in [4.78, 5) is 39.0. The largest absolute Gasteiger partial charge is 0.425 e. The predicted molar refractivity (Wildman–Crippen MR) is 107 cm³/mol. The van der Waals surface area contributed by atoms with Gasteiger partial charge < -0.3 is 10.5 Å². The molecule has 0 aliphatic carbocycles. The number of fused-ring (bicyclic) bond motifs is 1. The van der Waals surface area contributed by atoms with E-state index in [0.717, 1.165) is 4.57 Å². The molecule has 0 atom stereocenters. The van der Waals surface area contributed by atoms with Crippen molar-refractivity contribution in [3.8, 4) is 11.8 Å². The van der Waals surface area contributed by atoms with Crippen molar-refractivity contribution in [2.45, 2.75) is 0 Å². The minimum atomic E-state index is -0.858. The van der Waals surface area contributed by atoms with Gasteiger partial charge >= 0.3 is 11.7 Å². The minimum Gasteiger partial charge on any atom is -0.425 e. The predicted octanol–water partition coefficient (Wildman–Crippen LogP) is -0.807. The number of aromatic nitrogens is 4. The quantitative estimate of drug-likeness (QED) is 0.235. The second-order valence-electron chi connectivity index (χ2n) is 6.10. The van der Waals surface area contributed by atoms with Crippen LogP contribution in [0.4, 0.5) is 0 Å². The Morgan fingerprint density at radius 3 is 2.70 bits per heavy atom. The van der Waals surface area contributed by atoms with Crippen LogP contribution in [0.1, 0.15) is 5.56 Å². The van der Waals surface area contributed by atoms with Gasteiger partial charge in [0.2, 0.25) is 0 Å². The lowest BCUT2D eigenvalue weighted by Crippen LogP contribution is -2.37. The SMILES string of the molecule is Cn1c(=O)c2c(nc(Oc3cccc(/C=N/N=C(N)N[N+](=O)[O-])c3)n2C)n(C)c1=O. The van der Waals surface area contributed by atoms with Crippen LogP contribution in [0, 0.1) is 10.1 Å². The van der Waals surface area contributed by atoms with Crippen LogP contribution in [-0.4, -0.2) is 35.9 Å². The highest BCUT2D eigenvalue weighted by Crippen LogP contribution is 2.23. The van der Waals surface area contributed by atoms with Crippen molar-refractivity contribution in [3.63, 3.8) is 0 Å². The zero-order chi connectivity index (χ0) is 22.0. The third-order valence-corrected chi connectivity index (χ3v) is 4.08. The maximum absolute atomic E-state index is 12.4. The van der Waals surface area contributed by atoms with Gasteiger partial charge in [0.05, 0.1) is 6.21 Å². The first-order chi connectivity index (χ1) is 14.2. The molecule has 0 saturated heterocycles. The molecule has 14 heteroatoms. The maximum atomic E-state index is 12.4. The Hall–Kier alpha value is -4.49. The molecular weight excluding hydrogens is 398 g/mol. The van der Waals surface area contributed by atoms with Crippen LogP contribution in [0.2, 0.25) is 0 Å². The Bertz CT molecular complexity index is 1320. The molecule has 0 unspecified atom stereocenters. The standard InChI is InChI=1S/C16H17N9O5/c1-22-11-12(23(2)16(27)24(3)13(11)26)19-15(22)30-10-6-4-5-9(7-10)8-18-20-14(17)21-25(28)29/h4-8H,1-3H3,(H3,17,20,21)/b18-8+. The third-order valence-electron chi connectivity index (χ3n) is 4.08. The fourth-order valence-electron chi connectivity index (χ4n) is 2.63. The van der Waals surface area contributed by atoms with E-state index in [1.807, 2.05) is 0 Å². The van der Waals surface area contributed by atoms with Gasteiger partial charge in [-0.3, -0.25) is 18.5 Å². The van der Waals surface area contributed by atoms with E-state index < -0.39 is 22.2 Å². The number of guanidine groups is 1. The van der Waals surface area contributed by atoms with Crippen molar-refractivity contribution < 1.29 is 9.77 Å². The molecule has 1 aromatic carbocycles. The fraction of sp³-hybridized carbons (Fsp3) is 0.188. The summed E-state index contributed by atoms with van der Waals surface area (Å²) in [5.41, 5.74) is 6.91. The van der Waals surface area contributed by atoms with E-state index in [4.69, 9.17) is 10.5 Å². The molecule has 30 heavy (non-hydrogen) atoms.